The van der Waals surface area contributed by atoms with Crippen LogP contribution in [0.1, 0.15) is 38.8 Å². The van der Waals surface area contributed by atoms with Gasteiger partial charge < -0.3 is 10.2 Å². The van der Waals surface area contributed by atoms with E-state index in [2.05, 4.69) is 5.32 Å². The van der Waals surface area contributed by atoms with E-state index in [0.717, 1.165) is 15.4 Å². The predicted octanol–water partition coefficient (Wildman–Crippen LogP) is 3.60. The zero-order valence-electron chi connectivity index (χ0n) is 19.9. The number of aryl methyl sites for hydroxylation is 1. The van der Waals surface area contributed by atoms with E-state index < -0.39 is 34.1 Å². The molecule has 0 aromatic heterocycles. The van der Waals surface area contributed by atoms with Crippen molar-refractivity contribution in [2.45, 2.75) is 57.6 Å². The Hall–Kier alpha value is -2.42. The number of benzene rings is 2. The molecule has 180 valence electrons. The van der Waals surface area contributed by atoms with Crippen molar-refractivity contribution in [2.75, 3.05) is 13.6 Å². The molecule has 7 nitrogen and oxygen atoms in total. The summed E-state index contributed by atoms with van der Waals surface area (Å²) < 4.78 is 26.9. The monoisotopic (exact) mass is 493 g/mol. The largest absolute Gasteiger partial charge is 0.350 e. The van der Waals surface area contributed by atoms with E-state index in [1.807, 2.05) is 27.7 Å². The van der Waals surface area contributed by atoms with Crippen molar-refractivity contribution in [3.05, 3.63) is 64.7 Å². The fraction of sp³-hybridized carbons (Fsp3) is 0.417. The Bertz CT molecular complexity index is 1080. The molecule has 2 rings (SSSR count). The molecule has 0 saturated heterocycles. The van der Waals surface area contributed by atoms with Crippen LogP contribution in [-0.2, 0) is 26.2 Å². The summed E-state index contributed by atoms with van der Waals surface area (Å²) in [5, 5.41) is 3.43. The molecular weight excluding hydrogens is 462 g/mol. The van der Waals surface area contributed by atoms with Crippen molar-refractivity contribution in [1.82, 2.24) is 14.5 Å². The van der Waals surface area contributed by atoms with Crippen LogP contribution in [0, 0.1) is 6.92 Å². The van der Waals surface area contributed by atoms with Crippen molar-refractivity contribution in [2.24, 2.45) is 0 Å². The van der Waals surface area contributed by atoms with Gasteiger partial charge in [-0.2, -0.15) is 4.31 Å². The molecule has 0 heterocycles. The minimum Gasteiger partial charge on any atom is -0.350 e. The molecule has 0 unspecified atom stereocenters. The van der Waals surface area contributed by atoms with Crippen LogP contribution in [0.5, 0.6) is 0 Å². The van der Waals surface area contributed by atoms with Crippen molar-refractivity contribution in [3.63, 3.8) is 0 Å². The number of hydrogen-bond acceptors (Lipinski definition) is 4. The van der Waals surface area contributed by atoms with E-state index in [9.17, 15) is 18.0 Å². The first-order valence-electron chi connectivity index (χ1n) is 10.6. The quantitative estimate of drug-likeness (QED) is 0.608. The van der Waals surface area contributed by atoms with Gasteiger partial charge in [0.15, 0.2) is 0 Å². The third-order valence-electron chi connectivity index (χ3n) is 5.02. The average Bonchev–Trinajstić information content (AvgIpc) is 2.71. The fourth-order valence-corrected chi connectivity index (χ4v) is 4.35. The maximum Gasteiger partial charge on any atom is 0.243 e. The lowest BCUT2D eigenvalue weighted by molar-refractivity contribution is -0.141. The molecule has 0 radical (unpaired) electrons. The van der Waals surface area contributed by atoms with Gasteiger partial charge in [-0.3, -0.25) is 9.59 Å². The summed E-state index contributed by atoms with van der Waals surface area (Å²) in [7, 11) is -2.52. The molecule has 0 fully saturated rings. The van der Waals surface area contributed by atoms with Crippen LogP contribution in [0.2, 0.25) is 5.02 Å². The number of carbonyl (C=O) groups excluding carboxylic acids is 2. The van der Waals surface area contributed by atoms with E-state index in [1.165, 1.54) is 24.1 Å². The second-order valence-electron chi connectivity index (χ2n) is 9.14. The molecule has 0 saturated carbocycles. The normalized spacial score (nSPS) is 13.0. The number of hydrogen-bond donors (Lipinski definition) is 1. The Kier molecular flexibility index (Phi) is 8.68. The van der Waals surface area contributed by atoms with Gasteiger partial charge in [0.2, 0.25) is 21.8 Å². The van der Waals surface area contributed by atoms with Gasteiger partial charge >= 0.3 is 0 Å². The Morgan fingerprint density at radius 3 is 2.09 bits per heavy atom. The molecule has 2 aromatic rings. The van der Waals surface area contributed by atoms with Gasteiger partial charge in [0.05, 0.1) is 11.4 Å². The molecule has 0 spiro atoms. The zero-order chi connectivity index (χ0) is 25.0. The Morgan fingerprint density at radius 1 is 1.03 bits per heavy atom. The van der Waals surface area contributed by atoms with E-state index in [1.54, 1.807) is 43.3 Å². The van der Waals surface area contributed by atoms with Crippen molar-refractivity contribution < 1.29 is 18.0 Å². The number of amides is 2. The van der Waals surface area contributed by atoms with Crippen molar-refractivity contribution >= 4 is 33.4 Å². The highest BCUT2D eigenvalue weighted by Crippen LogP contribution is 2.18. The molecule has 2 amide bonds. The summed E-state index contributed by atoms with van der Waals surface area (Å²) in [6.45, 7) is 8.77. The molecule has 9 heteroatoms. The van der Waals surface area contributed by atoms with Gasteiger partial charge in [0.1, 0.15) is 6.04 Å². The van der Waals surface area contributed by atoms with Crippen LogP contribution in [0.25, 0.3) is 0 Å². The Morgan fingerprint density at radius 2 is 1.58 bits per heavy atom. The van der Waals surface area contributed by atoms with E-state index in [0.29, 0.717) is 5.02 Å². The first-order chi connectivity index (χ1) is 15.2. The molecule has 0 aliphatic rings. The van der Waals surface area contributed by atoms with Gasteiger partial charge in [-0.25, -0.2) is 8.42 Å². The summed E-state index contributed by atoms with van der Waals surface area (Å²) in [5.74, 6) is -0.812. The van der Waals surface area contributed by atoms with Crippen LogP contribution < -0.4 is 5.32 Å². The summed E-state index contributed by atoms with van der Waals surface area (Å²) in [4.78, 5) is 27.6. The lowest BCUT2D eigenvalue weighted by Gasteiger charge is -2.32. The lowest BCUT2D eigenvalue weighted by Crippen LogP contribution is -2.54. The molecule has 1 N–H and O–H groups in total. The third kappa shape index (κ3) is 7.55. The first-order valence-corrected chi connectivity index (χ1v) is 12.4. The highest BCUT2D eigenvalue weighted by atomic mass is 35.5. The molecule has 1 atom stereocenters. The van der Waals surface area contributed by atoms with E-state index >= 15 is 0 Å². The standard InChI is InChI=1S/C24H32ClN3O4S/c1-17-7-13-21(14-8-17)33(31,32)27(6)16-22(29)28(15-19-9-11-20(25)12-10-19)18(2)23(30)26-24(3,4)5/h7-14,18H,15-16H2,1-6H3,(H,26,30)/t18-/m0/s1. The molecular formula is C24H32ClN3O4S. The predicted molar refractivity (Wildman–Crippen MR) is 130 cm³/mol. The van der Waals surface area contributed by atoms with Crippen molar-refractivity contribution in [1.29, 1.82) is 0 Å². The van der Waals surface area contributed by atoms with Crippen LogP contribution in [0.4, 0.5) is 0 Å². The van der Waals surface area contributed by atoms with Gasteiger partial charge in [-0.1, -0.05) is 41.4 Å². The molecule has 2 aromatic carbocycles. The lowest BCUT2D eigenvalue weighted by atomic mass is 10.1. The van der Waals surface area contributed by atoms with Crippen LogP contribution >= 0.6 is 11.6 Å². The second-order valence-corrected chi connectivity index (χ2v) is 11.6. The minimum atomic E-state index is -3.87. The summed E-state index contributed by atoms with van der Waals surface area (Å²) in [6.07, 6.45) is 0. The summed E-state index contributed by atoms with van der Waals surface area (Å²) >= 11 is 5.97. The van der Waals surface area contributed by atoms with Crippen molar-refractivity contribution in [3.8, 4) is 0 Å². The average molecular weight is 494 g/mol. The molecule has 0 bridgehead atoms. The van der Waals surface area contributed by atoms with E-state index in [-0.39, 0.29) is 17.3 Å². The number of carbonyl (C=O) groups is 2. The van der Waals surface area contributed by atoms with Gasteiger partial charge in [-0.05, 0) is 64.4 Å². The van der Waals surface area contributed by atoms with Crippen LogP contribution in [0.3, 0.4) is 0 Å². The van der Waals surface area contributed by atoms with Gasteiger partial charge in [0.25, 0.3) is 0 Å². The van der Waals surface area contributed by atoms with Gasteiger partial charge in [-0.15, -0.1) is 0 Å². The summed E-state index contributed by atoms with van der Waals surface area (Å²) in [6, 6.07) is 12.5. The van der Waals surface area contributed by atoms with Gasteiger partial charge in [0, 0.05) is 24.2 Å². The number of sulfonamides is 1. The third-order valence-corrected chi connectivity index (χ3v) is 7.09. The molecule has 0 aliphatic heterocycles. The fourth-order valence-electron chi connectivity index (χ4n) is 3.10. The minimum absolute atomic E-state index is 0.103. The first kappa shape index (κ1) is 26.8. The second kappa shape index (κ2) is 10.7. The SMILES string of the molecule is Cc1ccc(S(=O)(=O)N(C)CC(=O)N(Cc2ccc(Cl)cc2)[C@@H](C)C(=O)NC(C)(C)C)cc1. The Balaban J connectivity index is 2.28. The highest BCUT2D eigenvalue weighted by Gasteiger charge is 2.31. The zero-order valence-corrected chi connectivity index (χ0v) is 21.5. The Labute approximate surface area is 201 Å². The van der Waals surface area contributed by atoms with Crippen LogP contribution in [0.15, 0.2) is 53.4 Å². The van der Waals surface area contributed by atoms with E-state index in [4.69, 9.17) is 11.6 Å². The number of nitrogens with zero attached hydrogens (tertiary/aromatic N) is 2. The molecule has 0 aliphatic carbocycles. The molecule has 33 heavy (non-hydrogen) atoms. The number of nitrogens with one attached hydrogen (secondary N) is 1. The number of likely N-dealkylation sites (N-methyl/N-ethyl adjacent to an activating group) is 1. The topological polar surface area (TPSA) is 86.8 Å². The maximum absolute atomic E-state index is 13.3. The highest BCUT2D eigenvalue weighted by molar-refractivity contribution is 7.89. The summed E-state index contributed by atoms with van der Waals surface area (Å²) in [5.41, 5.74) is 1.22. The number of rotatable bonds is 8. The van der Waals surface area contributed by atoms with Crippen LogP contribution in [-0.4, -0.2) is 54.6 Å². The maximum atomic E-state index is 13.3. The number of halogens is 1. The smallest absolute Gasteiger partial charge is 0.243 e.